The Balaban J connectivity index is 1.80. The lowest BCUT2D eigenvalue weighted by molar-refractivity contribution is 0.102. The van der Waals surface area contributed by atoms with Crippen molar-refractivity contribution in [2.75, 3.05) is 5.32 Å². The highest BCUT2D eigenvalue weighted by Crippen LogP contribution is 2.27. The van der Waals surface area contributed by atoms with Crippen molar-refractivity contribution < 1.29 is 13.6 Å². The Morgan fingerprint density at radius 2 is 2.04 bits per heavy atom. The summed E-state index contributed by atoms with van der Waals surface area (Å²) in [5.41, 5.74) is 0.943. The van der Waals surface area contributed by atoms with Gasteiger partial charge in [0.15, 0.2) is 5.69 Å². The van der Waals surface area contributed by atoms with Gasteiger partial charge in [0.25, 0.3) is 12.3 Å². The van der Waals surface area contributed by atoms with Crippen LogP contribution in [0.5, 0.6) is 0 Å². The van der Waals surface area contributed by atoms with Crippen LogP contribution in [0.15, 0.2) is 36.5 Å². The Bertz CT molecular complexity index is 876. The highest BCUT2D eigenvalue weighted by atomic mass is 35.5. The first-order chi connectivity index (χ1) is 11.4. The first-order valence-electron chi connectivity index (χ1n) is 6.79. The monoisotopic (exact) mass is 368 g/mol. The van der Waals surface area contributed by atoms with Crippen LogP contribution in [0.3, 0.4) is 0 Å². The third-order valence-electron chi connectivity index (χ3n) is 3.19. The standard InChI is InChI=1S/C15H11ClF2N4OS/c1-22-7-11(13(20-22)14(17)18)19-15(23)12-6-10(21-24-12)8-2-4-9(16)5-3-8/h2-7,14H,1H3,(H,19,23). The van der Waals surface area contributed by atoms with E-state index in [2.05, 4.69) is 14.8 Å². The fourth-order valence-electron chi connectivity index (χ4n) is 2.09. The molecule has 0 saturated heterocycles. The summed E-state index contributed by atoms with van der Waals surface area (Å²) in [6, 6.07) is 8.62. The van der Waals surface area contributed by atoms with Crippen LogP contribution < -0.4 is 5.32 Å². The zero-order valence-electron chi connectivity index (χ0n) is 12.3. The van der Waals surface area contributed by atoms with Gasteiger partial charge in [-0.05, 0) is 29.7 Å². The number of rotatable bonds is 4. The average Bonchev–Trinajstić information content (AvgIpc) is 3.15. The molecule has 1 amide bonds. The van der Waals surface area contributed by atoms with Gasteiger partial charge in [-0.2, -0.15) is 9.47 Å². The number of aromatic nitrogens is 3. The number of hydrogen-bond donors (Lipinski definition) is 1. The topological polar surface area (TPSA) is 59.8 Å². The lowest BCUT2D eigenvalue weighted by atomic mass is 10.1. The van der Waals surface area contributed by atoms with Crippen molar-refractivity contribution in [2.45, 2.75) is 6.43 Å². The average molecular weight is 369 g/mol. The molecule has 1 N–H and O–H groups in total. The number of alkyl halides is 2. The summed E-state index contributed by atoms with van der Waals surface area (Å²) in [6.45, 7) is 0. The lowest BCUT2D eigenvalue weighted by Crippen LogP contribution is -2.11. The summed E-state index contributed by atoms with van der Waals surface area (Å²) in [4.78, 5) is 12.6. The predicted molar refractivity (Wildman–Crippen MR) is 88.7 cm³/mol. The van der Waals surface area contributed by atoms with Crippen molar-refractivity contribution in [2.24, 2.45) is 7.05 Å². The molecule has 3 rings (SSSR count). The van der Waals surface area contributed by atoms with Crippen molar-refractivity contribution in [1.82, 2.24) is 14.2 Å². The number of amides is 1. The molecule has 0 fully saturated rings. The van der Waals surface area contributed by atoms with Gasteiger partial charge in [0, 0.05) is 23.8 Å². The van der Waals surface area contributed by atoms with E-state index in [0.717, 1.165) is 17.1 Å². The Morgan fingerprint density at radius 3 is 2.71 bits per heavy atom. The van der Waals surface area contributed by atoms with Crippen molar-refractivity contribution in [3.63, 3.8) is 0 Å². The van der Waals surface area contributed by atoms with Gasteiger partial charge >= 0.3 is 0 Å². The molecule has 0 bridgehead atoms. The summed E-state index contributed by atoms with van der Waals surface area (Å²) in [5, 5.41) is 6.70. The molecule has 9 heteroatoms. The highest BCUT2D eigenvalue weighted by Gasteiger charge is 2.20. The summed E-state index contributed by atoms with van der Waals surface area (Å²) < 4.78 is 31.2. The molecule has 2 heterocycles. The van der Waals surface area contributed by atoms with E-state index in [1.165, 1.54) is 17.9 Å². The van der Waals surface area contributed by atoms with Crippen molar-refractivity contribution in [3.8, 4) is 11.3 Å². The van der Waals surface area contributed by atoms with E-state index in [4.69, 9.17) is 11.6 Å². The number of halogens is 3. The Morgan fingerprint density at radius 1 is 1.33 bits per heavy atom. The van der Waals surface area contributed by atoms with Crippen LogP contribution >= 0.6 is 23.1 Å². The van der Waals surface area contributed by atoms with Gasteiger partial charge < -0.3 is 5.32 Å². The quantitative estimate of drug-likeness (QED) is 0.743. The molecular weight excluding hydrogens is 358 g/mol. The third-order valence-corrected chi connectivity index (χ3v) is 4.23. The van der Waals surface area contributed by atoms with Gasteiger partial charge in [0.2, 0.25) is 0 Å². The summed E-state index contributed by atoms with van der Waals surface area (Å²) in [5.74, 6) is -0.511. The number of carbonyl (C=O) groups excluding carboxylic acids is 1. The number of benzene rings is 1. The molecule has 5 nitrogen and oxygen atoms in total. The molecule has 0 saturated carbocycles. The lowest BCUT2D eigenvalue weighted by Gasteiger charge is -2.02. The molecule has 3 aromatic rings. The van der Waals surface area contributed by atoms with E-state index in [-0.39, 0.29) is 5.69 Å². The minimum Gasteiger partial charge on any atom is -0.318 e. The number of anilines is 1. The molecule has 0 spiro atoms. The Hall–Kier alpha value is -2.32. The summed E-state index contributed by atoms with van der Waals surface area (Å²) in [7, 11) is 1.51. The molecule has 0 aliphatic heterocycles. The second-order valence-corrected chi connectivity index (χ2v) is 6.18. The maximum Gasteiger partial charge on any atom is 0.284 e. The molecule has 2 aromatic heterocycles. The summed E-state index contributed by atoms with van der Waals surface area (Å²) >= 11 is 6.82. The maximum atomic E-state index is 12.9. The van der Waals surface area contributed by atoms with Crippen LogP contribution in [0.1, 0.15) is 21.8 Å². The van der Waals surface area contributed by atoms with E-state index < -0.39 is 18.0 Å². The van der Waals surface area contributed by atoms with Gasteiger partial charge in [-0.25, -0.2) is 8.78 Å². The molecule has 0 aliphatic carbocycles. The van der Waals surface area contributed by atoms with Crippen LogP contribution in [0.25, 0.3) is 11.3 Å². The maximum absolute atomic E-state index is 12.9. The van der Waals surface area contributed by atoms with Crippen molar-refractivity contribution >= 4 is 34.7 Å². The summed E-state index contributed by atoms with van der Waals surface area (Å²) in [6.07, 6.45) is -1.44. The van der Waals surface area contributed by atoms with Crippen LogP contribution in [0.2, 0.25) is 5.02 Å². The van der Waals surface area contributed by atoms with Crippen LogP contribution in [0, 0.1) is 0 Å². The molecule has 1 aromatic carbocycles. The fraction of sp³-hybridized carbons (Fsp3) is 0.133. The van der Waals surface area contributed by atoms with E-state index >= 15 is 0 Å². The molecule has 0 aliphatic rings. The normalized spacial score (nSPS) is 11.0. The van der Waals surface area contributed by atoms with Crippen LogP contribution in [-0.4, -0.2) is 20.1 Å². The van der Waals surface area contributed by atoms with Gasteiger partial charge in [-0.15, -0.1) is 0 Å². The first kappa shape index (κ1) is 16.5. The van der Waals surface area contributed by atoms with E-state index in [1.807, 2.05) is 0 Å². The van der Waals surface area contributed by atoms with E-state index in [9.17, 15) is 13.6 Å². The number of hydrogen-bond acceptors (Lipinski definition) is 4. The Kier molecular flexibility index (Phi) is 4.59. The number of carbonyl (C=O) groups is 1. The van der Waals surface area contributed by atoms with Crippen molar-refractivity contribution in [1.29, 1.82) is 0 Å². The molecule has 124 valence electrons. The molecule has 24 heavy (non-hydrogen) atoms. The van der Waals surface area contributed by atoms with E-state index in [1.54, 1.807) is 30.3 Å². The number of nitrogens with one attached hydrogen (secondary N) is 1. The minimum absolute atomic E-state index is 0.0149. The van der Waals surface area contributed by atoms with E-state index in [0.29, 0.717) is 15.6 Å². The zero-order chi connectivity index (χ0) is 17.3. The third kappa shape index (κ3) is 3.44. The SMILES string of the molecule is Cn1cc(NC(=O)c2cc(-c3ccc(Cl)cc3)ns2)c(C(F)F)n1. The predicted octanol–water partition coefficient (Wildman–Crippen LogP) is 4.39. The number of nitrogens with zero attached hydrogens (tertiary/aromatic N) is 3. The van der Waals surface area contributed by atoms with Gasteiger partial charge in [-0.1, -0.05) is 23.7 Å². The smallest absolute Gasteiger partial charge is 0.284 e. The molecular formula is C15H11ClF2N4OS. The van der Waals surface area contributed by atoms with Crippen LogP contribution in [0.4, 0.5) is 14.5 Å². The molecule has 0 unspecified atom stereocenters. The van der Waals surface area contributed by atoms with Gasteiger partial charge in [0.1, 0.15) is 4.88 Å². The minimum atomic E-state index is -2.77. The highest BCUT2D eigenvalue weighted by molar-refractivity contribution is 7.08. The van der Waals surface area contributed by atoms with Crippen molar-refractivity contribution in [3.05, 3.63) is 52.1 Å². The van der Waals surface area contributed by atoms with Gasteiger partial charge in [0.05, 0.1) is 11.4 Å². The van der Waals surface area contributed by atoms with Crippen LogP contribution in [-0.2, 0) is 7.05 Å². The van der Waals surface area contributed by atoms with Gasteiger partial charge in [-0.3, -0.25) is 9.48 Å². The fourth-order valence-corrected chi connectivity index (χ4v) is 2.87. The second-order valence-electron chi connectivity index (χ2n) is 4.94. The molecule has 0 radical (unpaired) electrons. The zero-order valence-corrected chi connectivity index (χ0v) is 13.9. The number of aryl methyl sites for hydroxylation is 1. The molecule has 0 atom stereocenters. The Labute approximate surface area is 145 Å². The largest absolute Gasteiger partial charge is 0.318 e. The first-order valence-corrected chi connectivity index (χ1v) is 7.95. The second kappa shape index (κ2) is 6.66.